The lowest BCUT2D eigenvalue weighted by atomic mass is 10.2. The Hall–Kier alpha value is -3.07. The van der Waals surface area contributed by atoms with Crippen LogP contribution in [0.2, 0.25) is 0 Å². The van der Waals surface area contributed by atoms with Gasteiger partial charge in [0.2, 0.25) is 5.91 Å². The molecule has 0 bridgehead atoms. The Morgan fingerprint density at radius 2 is 2.04 bits per heavy atom. The molecule has 1 aromatic carbocycles. The molecule has 0 unspecified atom stereocenters. The number of pyridine rings is 1. The number of nitrogens with one attached hydrogen (secondary N) is 3. The Bertz CT molecular complexity index is 1130. The van der Waals surface area contributed by atoms with Gasteiger partial charge in [0.15, 0.2) is 10.8 Å². The molecule has 1 amide bonds. The van der Waals surface area contributed by atoms with Crippen molar-refractivity contribution in [2.24, 2.45) is 0 Å². The van der Waals surface area contributed by atoms with Crippen LogP contribution in [0.4, 0.5) is 5.69 Å². The lowest BCUT2D eigenvalue weighted by Gasteiger charge is -2.11. The van der Waals surface area contributed by atoms with Gasteiger partial charge in [-0.3, -0.25) is 9.20 Å². The maximum atomic E-state index is 12.4. The Balaban J connectivity index is 1.50. The van der Waals surface area contributed by atoms with Gasteiger partial charge >= 0.3 is 5.69 Å². The number of thioether (sulfide) groups is 1. The van der Waals surface area contributed by atoms with E-state index in [2.05, 4.69) is 25.5 Å². The van der Waals surface area contributed by atoms with Gasteiger partial charge in [0.25, 0.3) is 0 Å². The van der Waals surface area contributed by atoms with Crippen molar-refractivity contribution in [1.82, 2.24) is 24.6 Å². The highest BCUT2D eigenvalue weighted by Crippen LogP contribution is 2.23. The van der Waals surface area contributed by atoms with Crippen LogP contribution < -0.4 is 11.0 Å². The number of carbonyl (C=O) groups excluding carboxylic acids is 1. The Morgan fingerprint density at radius 1 is 1.20 bits per heavy atom. The highest BCUT2D eigenvalue weighted by molar-refractivity contribution is 8.00. The number of H-pyrrole nitrogens is 2. The minimum atomic E-state index is -0.367. The molecule has 0 fully saturated rings. The number of amides is 1. The SMILES string of the molecule is C[C@@H](Sc1nnc2ccccn12)C(=O)Nc1ccc2[nH]c(=O)[nH]c2c1. The van der Waals surface area contributed by atoms with Crippen LogP contribution in [0.3, 0.4) is 0 Å². The van der Waals surface area contributed by atoms with Gasteiger partial charge in [-0.25, -0.2) is 4.79 Å². The average molecular weight is 354 g/mol. The van der Waals surface area contributed by atoms with E-state index in [1.165, 1.54) is 11.8 Å². The van der Waals surface area contributed by atoms with Gasteiger partial charge in [-0.2, -0.15) is 0 Å². The summed E-state index contributed by atoms with van der Waals surface area (Å²) in [5.41, 5.74) is 2.42. The van der Waals surface area contributed by atoms with Gasteiger partial charge < -0.3 is 15.3 Å². The van der Waals surface area contributed by atoms with Crippen molar-refractivity contribution in [2.75, 3.05) is 5.32 Å². The molecule has 4 aromatic rings. The van der Waals surface area contributed by atoms with Gasteiger partial charge in [0.1, 0.15) is 0 Å². The molecule has 0 saturated carbocycles. The van der Waals surface area contributed by atoms with Crippen LogP contribution in [0.25, 0.3) is 16.7 Å². The van der Waals surface area contributed by atoms with Crippen LogP contribution in [0.1, 0.15) is 6.92 Å². The van der Waals surface area contributed by atoms with E-state index in [9.17, 15) is 9.59 Å². The topological polar surface area (TPSA) is 108 Å². The summed E-state index contributed by atoms with van der Waals surface area (Å²) >= 11 is 1.33. The lowest BCUT2D eigenvalue weighted by molar-refractivity contribution is -0.115. The van der Waals surface area contributed by atoms with E-state index in [1.807, 2.05) is 28.8 Å². The predicted octanol–water partition coefficient (Wildman–Crippen LogP) is 2.02. The fraction of sp³-hybridized carbons (Fsp3) is 0.125. The quantitative estimate of drug-likeness (QED) is 0.486. The minimum Gasteiger partial charge on any atom is -0.325 e. The third-order valence-corrected chi connectivity index (χ3v) is 4.77. The maximum absolute atomic E-state index is 12.4. The maximum Gasteiger partial charge on any atom is 0.323 e. The number of carbonyl (C=O) groups is 1. The summed E-state index contributed by atoms with van der Waals surface area (Å²) < 4.78 is 1.84. The molecule has 3 aromatic heterocycles. The van der Waals surface area contributed by atoms with Crippen molar-refractivity contribution in [1.29, 1.82) is 0 Å². The molecule has 3 N–H and O–H groups in total. The zero-order valence-electron chi connectivity index (χ0n) is 13.2. The van der Waals surface area contributed by atoms with Crippen LogP contribution in [-0.4, -0.2) is 35.7 Å². The Labute approximate surface area is 145 Å². The molecule has 3 heterocycles. The first-order valence-electron chi connectivity index (χ1n) is 7.59. The summed E-state index contributed by atoms with van der Waals surface area (Å²) in [6.07, 6.45) is 1.86. The van der Waals surface area contributed by atoms with Crippen LogP contribution in [0, 0.1) is 0 Å². The van der Waals surface area contributed by atoms with Gasteiger partial charge in [-0.15, -0.1) is 10.2 Å². The fourth-order valence-corrected chi connectivity index (χ4v) is 3.30. The van der Waals surface area contributed by atoms with E-state index in [-0.39, 0.29) is 16.8 Å². The first kappa shape index (κ1) is 15.5. The van der Waals surface area contributed by atoms with Gasteiger partial charge in [-0.1, -0.05) is 17.8 Å². The number of imidazole rings is 1. The van der Waals surface area contributed by atoms with Crippen molar-refractivity contribution in [3.05, 3.63) is 53.1 Å². The van der Waals surface area contributed by atoms with Crippen LogP contribution in [0.15, 0.2) is 52.5 Å². The van der Waals surface area contributed by atoms with Crippen LogP contribution in [-0.2, 0) is 4.79 Å². The molecular formula is C16H14N6O2S. The molecule has 0 aliphatic carbocycles. The number of anilines is 1. The molecule has 126 valence electrons. The molecule has 4 rings (SSSR count). The van der Waals surface area contributed by atoms with Crippen molar-refractivity contribution in [3.8, 4) is 0 Å². The zero-order valence-corrected chi connectivity index (χ0v) is 14.0. The molecule has 0 aliphatic heterocycles. The minimum absolute atomic E-state index is 0.157. The number of hydrogen-bond acceptors (Lipinski definition) is 5. The normalized spacial score (nSPS) is 12.5. The van der Waals surface area contributed by atoms with Crippen molar-refractivity contribution in [2.45, 2.75) is 17.3 Å². The van der Waals surface area contributed by atoms with E-state index >= 15 is 0 Å². The van der Waals surface area contributed by atoms with E-state index in [0.29, 0.717) is 21.9 Å². The predicted molar refractivity (Wildman–Crippen MR) is 95.9 cm³/mol. The number of aromatic nitrogens is 5. The molecule has 0 spiro atoms. The lowest BCUT2D eigenvalue weighted by Crippen LogP contribution is -2.22. The summed E-state index contributed by atoms with van der Waals surface area (Å²) in [4.78, 5) is 29.1. The average Bonchev–Trinajstić information content (AvgIpc) is 3.17. The third-order valence-electron chi connectivity index (χ3n) is 3.72. The van der Waals surface area contributed by atoms with E-state index < -0.39 is 0 Å². The van der Waals surface area contributed by atoms with Crippen molar-refractivity contribution >= 4 is 40.0 Å². The summed E-state index contributed by atoms with van der Waals surface area (Å²) in [5.74, 6) is -0.157. The highest BCUT2D eigenvalue weighted by Gasteiger charge is 2.18. The zero-order chi connectivity index (χ0) is 17.4. The first-order valence-corrected chi connectivity index (χ1v) is 8.47. The highest BCUT2D eigenvalue weighted by atomic mass is 32.2. The molecule has 0 aliphatic rings. The van der Waals surface area contributed by atoms with Crippen molar-refractivity contribution in [3.63, 3.8) is 0 Å². The number of fused-ring (bicyclic) bond motifs is 2. The molecular weight excluding hydrogens is 340 g/mol. The molecule has 1 atom stereocenters. The summed E-state index contributed by atoms with van der Waals surface area (Å²) in [7, 11) is 0. The number of nitrogens with zero attached hydrogens (tertiary/aromatic N) is 3. The Morgan fingerprint density at radius 3 is 2.92 bits per heavy atom. The van der Waals surface area contributed by atoms with Crippen LogP contribution in [0.5, 0.6) is 0 Å². The second-order valence-electron chi connectivity index (χ2n) is 5.50. The van der Waals surface area contributed by atoms with E-state index in [0.717, 1.165) is 5.65 Å². The molecule has 8 nitrogen and oxygen atoms in total. The summed E-state index contributed by atoms with van der Waals surface area (Å²) in [5, 5.41) is 11.3. The summed E-state index contributed by atoms with van der Waals surface area (Å²) in [6.45, 7) is 1.81. The Kier molecular flexibility index (Phi) is 3.77. The second kappa shape index (κ2) is 6.10. The number of rotatable bonds is 4. The van der Waals surface area contributed by atoms with Gasteiger partial charge in [0, 0.05) is 11.9 Å². The monoisotopic (exact) mass is 354 g/mol. The number of benzene rings is 1. The smallest absolute Gasteiger partial charge is 0.323 e. The second-order valence-corrected chi connectivity index (χ2v) is 6.81. The van der Waals surface area contributed by atoms with Gasteiger partial charge in [-0.05, 0) is 37.3 Å². The van der Waals surface area contributed by atoms with E-state index in [1.54, 1.807) is 25.1 Å². The standard InChI is InChI=1S/C16H14N6O2S/c1-9(25-16-21-20-13-4-2-3-7-22(13)16)14(23)17-10-5-6-11-12(8-10)19-15(24)18-11/h2-9H,1H3,(H,17,23)(H2,18,19,24)/t9-/m1/s1. The molecule has 0 saturated heterocycles. The number of aromatic amines is 2. The number of hydrogen-bond donors (Lipinski definition) is 3. The van der Waals surface area contributed by atoms with Crippen LogP contribution >= 0.6 is 11.8 Å². The van der Waals surface area contributed by atoms with Gasteiger partial charge in [0.05, 0.1) is 16.3 Å². The molecule has 0 radical (unpaired) electrons. The molecule has 25 heavy (non-hydrogen) atoms. The van der Waals surface area contributed by atoms with E-state index in [4.69, 9.17) is 0 Å². The fourth-order valence-electron chi connectivity index (χ4n) is 2.47. The first-order chi connectivity index (χ1) is 12.1. The largest absolute Gasteiger partial charge is 0.325 e. The molecule has 9 heteroatoms. The van der Waals surface area contributed by atoms with Crippen molar-refractivity contribution < 1.29 is 4.79 Å². The third kappa shape index (κ3) is 3.01. The summed E-state index contributed by atoms with van der Waals surface area (Å²) in [6, 6.07) is 10.8.